The van der Waals surface area contributed by atoms with Gasteiger partial charge in [0.1, 0.15) is 0 Å². The van der Waals surface area contributed by atoms with Gasteiger partial charge in [-0.15, -0.1) is 11.6 Å². The monoisotopic (exact) mass is 258 g/mol. The van der Waals surface area contributed by atoms with Crippen LogP contribution in [-0.4, -0.2) is 22.3 Å². The molecule has 0 aromatic carbocycles. The molecular weight excluding hydrogens is 236 g/mol. The van der Waals surface area contributed by atoms with E-state index < -0.39 is 0 Å². The first-order chi connectivity index (χ1) is 7.92. The average molecular weight is 259 g/mol. The number of nitrogens with zero attached hydrogens (tertiary/aromatic N) is 2. The number of rotatable bonds is 6. The van der Waals surface area contributed by atoms with Crippen LogP contribution in [0.3, 0.4) is 0 Å². The molecular formula is C13H23ClN2O. The molecule has 0 bridgehead atoms. The summed E-state index contributed by atoms with van der Waals surface area (Å²) >= 11 is 6.13. The molecule has 0 amide bonds. The highest BCUT2D eigenvalue weighted by Crippen LogP contribution is 2.36. The number of hydrogen-bond acceptors (Lipinski definition) is 2. The van der Waals surface area contributed by atoms with Crippen LogP contribution >= 0.6 is 11.6 Å². The zero-order valence-corrected chi connectivity index (χ0v) is 12.2. The molecule has 98 valence electrons. The van der Waals surface area contributed by atoms with Gasteiger partial charge in [0.05, 0.1) is 19.0 Å². The highest BCUT2D eigenvalue weighted by Gasteiger charge is 2.30. The highest BCUT2D eigenvalue weighted by molar-refractivity contribution is 6.20. The third-order valence-corrected chi connectivity index (χ3v) is 3.05. The molecule has 0 radical (unpaired) electrons. The van der Waals surface area contributed by atoms with E-state index in [-0.39, 0.29) is 10.8 Å². The van der Waals surface area contributed by atoms with E-state index in [0.29, 0.717) is 0 Å². The molecule has 1 rings (SSSR count). The van der Waals surface area contributed by atoms with Gasteiger partial charge in [0.25, 0.3) is 0 Å². The van der Waals surface area contributed by atoms with Gasteiger partial charge >= 0.3 is 0 Å². The lowest BCUT2D eigenvalue weighted by Crippen LogP contribution is -2.26. The molecule has 0 aliphatic carbocycles. The summed E-state index contributed by atoms with van der Waals surface area (Å²) in [6.07, 6.45) is 3.76. The second-order valence-electron chi connectivity index (χ2n) is 5.15. The largest absolute Gasteiger partial charge is 0.493 e. The minimum absolute atomic E-state index is 0.0296. The van der Waals surface area contributed by atoms with Crippen molar-refractivity contribution in [1.82, 2.24) is 9.78 Å². The lowest BCUT2D eigenvalue weighted by Gasteiger charge is -2.27. The van der Waals surface area contributed by atoms with E-state index in [1.807, 2.05) is 11.6 Å². The van der Waals surface area contributed by atoms with Crippen LogP contribution in [0, 0.1) is 0 Å². The van der Waals surface area contributed by atoms with Crippen molar-refractivity contribution < 1.29 is 4.74 Å². The van der Waals surface area contributed by atoms with Gasteiger partial charge in [0.2, 0.25) is 0 Å². The maximum absolute atomic E-state index is 6.13. The minimum atomic E-state index is -0.0296. The number of ether oxygens (including phenoxy) is 1. The third-order valence-electron chi connectivity index (χ3n) is 2.89. The van der Waals surface area contributed by atoms with Crippen LogP contribution in [0.4, 0.5) is 0 Å². The summed E-state index contributed by atoms with van der Waals surface area (Å²) in [4.78, 5) is 0. The molecule has 1 heterocycles. The summed E-state index contributed by atoms with van der Waals surface area (Å²) in [7, 11) is 1.69. The van der Waals surface area contributed by atoms with Crippen molar-refractivity contribution in [3.05, 3.63) is 11.9 Å². The summed E-state index contributed by atoms with van der Waals surface area (Å²) in [5.41, 5.74) is 1.12. The van der Waals surface area contributed by atoms with Crippen LogP contribution in [0.15, 0.2) is 6.20 Å². The zero-order chi connectivity index (χ0) is 13.1. The van der Waals surface area contributed by atoms with Gasteiger partial charge in [-0.25, -0.2) is 0 Å². The lowest BCUT2D eigenvalue weighted by molar-refractivity contribution is 0.367. The molecule has 0 saturated heterocycles. The van der Waals surface area contributed by atoms with E-state index in [1.165, 1.54) is 0 Å². The SMILES string of the molecule is CCCn1ncc(OC)c1C(C)(C)CC(C)Cl. The van der Waals surface area contributed by atoms with Crippen molar-refractivity contribution in [2.75, 3.05) is 7.11 Å². The molecule has 1 unspecified atom stereocenters. The van der Waals surface area contributed by atoms with E-state index in [0.717, 1.165) is 30.8 Å². The number of halogens is 1. The standard InChI is InChI=1S/C13H23ClN2O/c1-6-7-16-12(11(17-5)9-15-16)13(3,4)8-10(2)14/h9-10H,6-8H2,1-5H3. The van der Waals surface area contributed by atoms with Gasteiger partial charge in [-0.3, -0.25) is 4.68 Å². The van der Waals surface area contributed by atoms with Crippen LogP contribution in [0.5, 0.6) is 5.75 Å². The molecule has 0 saturated carbocycles. The van der Waals surface area contributed by atoms with E-state index in [1.54, 1.807) is 13.3 Å². The fourth-order valence-electron chi connectivity index (χ4n) is 2.38. The molecule has 0 aliphatic rings. The number of aromatic nitrogens is 2. The van der Waals surface area contributed by atoms with Crippen LogP contribution in [-0.2, 0) is 12.0 Å². The molecule has 1 aromatic heterocycles. The summed E-state index contributed by atoms with van der Waals surface area (Å²) in [5.74, 6) is 0.862. The molecule has 17 heavy (non-hydrogen) atoms. The fourth-order valence-corrected chi connectivity index (χ4v) is 2.77. The van der Waals surface area contributed by atoms with Crippen molar-refractivity contribution in [2.24, 2.45) is 0 Å². The minimum Gasteiger partial charge on any atom is -0.493 e. The van der Waals surface area contributed by atoms with Crippen LogP contribution in [0.25, 0.3) is 0 Å². The van der Waals surface area contributed by atoms with Crippen LogP contribution < -0.4 is 4.74 Å². The number of methoxy groups -OCH3 is 1. The Morgan fingerprint density at radius 2 is 2.18 bits per heavy atom. The Morgan fingerprint density at radius 3 is 2.65 bits per heavy atom. The Morgan fingerprint density at radius 1 is 1.53 bits per heavy atom. The number of alkyl halides is 1. The Kier molecular flexibility index (Phi) is 4.87. The normalized spacial score (nSPS) is 13.8. The Hall–Kier alpha value is -0.700. The predicted octanol–water partition coefficient (Wildman–Crippen LogP) is 3.60. The zero-order valence-electron chi connectivity index (χ0n) is 11.5. The second-order valence-corrected chi connectivity index (χ2v) is 5.90. The van der Waals surface area contributed by atoms with Crippen molar-refractivity contribution in [3.63, 3.8) is 0 Å². The molecule has 0 aliphatic heterocycles. The number of aryl methyl sites for hydroxylation is 1. The second kappa shape index (κ2) is 5.76. The summed E-state index contributed by atoms with van der Waals surface area (Å²) in [5, 5.41) is 4.54. The molecule has 4 heteroatoms. The van der Waals surface area contributed by atoms with Gasteiger partial charge in [-0.2, -0.15) is 5.10 Å². The van der Waals surface area contributed by atoms with Crippen molar-refractivity contribution in [1.29, 1.82) is 0 Å². The van der Waals surface area contributed by atoms with Gasteiger partial charge in [-0.1, -0.05) is 20.8 Å². The summed E-state index contributed by atoms with van der Waals surface area (Å²) in [6, 6.07) is 0. The maximum atomic E-state index is 6.13. The third kappa shape index (κ3) is 3.38. The first-order valence-electron chi connectivity index (χ1n) is 6.16. The maximum Gasteiger partial charge on any atom is 0.160 e. The van der Waals surface area contributed by atoms with Gasteiger partial charge in [-0.05, 0) is 19.8 Å². The average Bonchev–Trinajstić information content (AvgIpc) is 2.60. The highest BCUT2D eigenvalue weighted by atomic mass is 35.5. The molecule has 1 aromatic rings. The van der Waals surface area contributed by atoms with Gasteiger partial charge in [0, 0.05) is 17.3 Å². The molecule has 0 spiro atoms. The lowest BCUT2D eigenvalue weighted by atomic mass is 9.84. The van der Waals surface area contributed by atoms with E-state index >= 15 is 0 Å². The van der Waals surface area contributed by atoms with Crippen molar-refractivity contribution in [2.45, 2.75) is 57.9 Å². The Bertz CT molecular complexity index is 358. The fraction of sp³-hybridized carbons (Fsp3) is 0.769. The van der Waals surface area contributed by atoms with Gasteiger partial charge < -0.3 is 4.74 Å². The molecule has 0 N–H and O–H groups in total. The van der Waals surface area contributed by atoms with Gasteiger partial charge in [0.15, 0.2) is 5.75 Å². The quantitative estimate of drug-likeness (QED) is 0.729. The van der Waals surface area contributed by atoms with E-state index in [2.05, 4.69) is 25.9 Å². The number of hydrogen-bond donors (Lipinski definition) is 0. The smallest absolute Gasteiger partial charge is 0.160 e. The topological polar surface area (TPSA) is 27.1 Å². The van der Waals surface area contributed by atoms with E-state index in [9.17, 15) is 0 Å². The van der Waals surface area contributed by atoms with Crippen LogP contribution in [0.1, 0.15) is 46.2 Å². The predicted molar refractivity (Wildman–Crippen MR) is 72.0 cm³/mol. The molecule has 3 nitrogen and oxygen atoms in total. The van der Waals surface area contributed by atoms with Crippen LogP contribution in [0.2, 0.25) is 0 Å². The molecule has 1 atom stereocenters. The summed E-state index contributed by atoms with van der Waals surface area (Å²) in [6.45, 7) is 9.47. The first kappa shape index (κ1) is 14.4. The van der Waals surface area contributed by atoms with Crippen molar-refractivity contribution >= 4 is 11.6 Å². The summed E-state index contributed by atoms with van der Waals surface area (Å²) < 4.78 is 7.45. The Balaban J connectivity index is 3.11. The first-order valence-corrected chi connectivity index (χ1v) is 6.60. The Labute approximate surface area is 109 Å². The molecule has 0 fully saturated rings. The van der Waals surface area contributed by atoms with Crippen molar-refractivity contribution in [3.8, 4) is 5.75 Å². The van der Waals surface area contributed by atoms with E-state index in [4.69, 9.17) is 16.3 Å².